The van der Waals surface area contributed by atoms with Gasteiger partial charge in [-0.15, -0.1) is 0 Å². The largest absolute Gasteiger partial charge is 0.376 e. The third-order valence-corrected chi connectivity index (χ3v) is 4.92. The van der Waals surface area contributed by atoms with Crippen molar-refractivity contribution in [3.63, 3.8) is 0 Å². The topological polar surface area (TPSA) is 111 Å². The van der Waals surface area contributed by atoms with Crippen molar-refractivity contribution in [2.45, 2.75) is 25.5 Å². The molecule has 1 atom stereocenters. The standard InChI is InChI=1S/C19H21N5O4/c1-23-16-15(17(26)22-19(23)27)24(11-14(25)12-6-3-2-4-7-12)18(21-16)20-10-13-8-5-9-28-13/h2-4,6-7,13H,5,8-11H2,1H3,(H,20,21)(H,22,26,27). The Morgan fingerprint density at radius 3 is 2.82 bits per heavy atom. The minimum Gasteiger partial charge on any atom is -0.376 e. The molecule has 1 aromatic carbocycles. The van der Waals surface area contributed by atoms with Gasteiger partial charge in [-0.3, -0.25) is 23.7 Å². The second-order valence-electron chi connectivity index (χ2n) is 6.82. The highest BCUT2D eigenvalue weighted by Crippen LogP contribution is 2.18. The van der Waals surface area contributed by atoms with Crippen LogP contribution >= 0.6 is 0 Å². The van der Waals surface area contributed by atoms with Crippen molar-refractivity contribution in [3.05, 3.63) is 56.7 Å². The summed E-state index contributed by atoms with van der Waals surface area (Å²) < 4.78 is 8.40. The molecule has 0 bridgehead atoms. The van der Waals surface area contributed by atoms with Crippen LogP contribution in [0.25, 0.3) is 11.2 Å². The van der Waals surface area contributed by atoms with Crippen molar-refractivity contribution >= 4 is 22.9 Å². The first-order valence-electron chi connectivity index (χ1n) is 9.18. The number of ether oxygens (including phenoxy) is 1. The van der Waals surface area contributed by atoms with Crippen LogP contribution in [-0.2, 0) is 18.3 Å². The van der Waals surface area contributed by atoms with Crippen LogP contribution in [0.3, 0.4) is 0 Å². The Balaban J connectivity index is 1.75. The van der Waals surface area contributed by atoms with Crippen LogP contribution in [0.15, 0.2) is 39.9 Å². The third kappa shape index (κ3) is 3.36. The van der Waals surface area contributed by atoms with Crippen LogP contribution in [0.2, 0.25) is 0 Å². The third-order valence-electron chi connectivity index (χ3n) is 4.92. The minimum atomic E-state index is -0.573. The summed E-state index contributed by atoms with van der Waals surface area (Å²) in [6, 6.07) is 8.85. The Labute approximate surface area is 160 Å². The number of hydrogen-bond donors (Lipinski definition) is 2. The highest BCUT2D eigenvalue weighted by Gasteiger charge is 2.21. The Bertz CT molecular complexity index is 1120. The molecule has 1 aliphatic rings. The Kier molecular flexibility index (Phi) is 4.82. The van der Waals surface area contributed by atoms with Gasteiger partial charge in [0.2, 0.25) is 5.95 Å². The average Bonchev–Trinajstić information content (AvgIpc) is 3.33. The van der Waals surface area contributed by atoms with Gasteiger partial charge in [-0.25, -0.2) is 4.79 Å². The van der Waals surface area contributed by atoms with Gasteiger partial charge in [-0.1, -0.05) is 30.3 Å². The molecule has 28 heavy (non-hydrogen) atoms. The number of H-pyrrole nitrogens is 1. The molecule has 1 saturated heterocycles. The molecular weight excluding hydrogens is 362 g/mol. The van der Waals surface area contributed by atoms with Crippen LogP contribution in [0.5, 0.6) is 0 Å². The molecule has 0 amide bonds. The number of benzene rings is 1. The van der Waals surface area contributed by atoms with Crippen molar-refractivity contribution in [2.75, 3.05) is 18.5 Å². The van der Waals surface area contributed by atoms with Gasteiger partial charge in [0, 0.05) is 25.8 Å². The highest BCUT2D eigenvalue weighted by molar-refractivity contribution is 5.96. The Hall–Kier alpha value is -3.20. The van der Waals surface area contributed by atoms with Gasteiger partial charge >= 0.3 is 5.69 Å². The lowest BCUT2D eigenvalue weighted by molar-refractivity contribution is 0.0974. The van der Waals surface area contributed by atoms with E-state index in [-0.39, 0.29) is 29.6 Å². The van der Waals surface area contributed by atoms with Gasteiger partial charge < -0.3 is 10.1 Å². The van der Waals surface area contributed by atoms with E-state index in [0.29, 0.717) is 18.1 Å². The maximum Gasteiger partial charge on any atom is 0.329 e. The van der Waals surface area contributed by atoms with E-state index in [9.17, 15) is 14.4 Å². The van der Waals surface area contributed by atoms with E-state index in [1.807, 2.05) is 6.07 Å². The molecule has 2 aromatic heterocycles. The normalized spacial score (nSPS) is 16.5. The second kappa shape index (κ2) is 7.43. The molecule has 1 aliphatic heterocycles. The summed E-state index contributed by atoms with van der Waals surface area (Å²) >= 11 is 0. The number of carbonyl (C=O) groups excluding carboxylic acids is 1. The molecule has 4 rings (SSSR count). The molecule has 3 heterocycles. The van der Waals surface area contributed by atoms with Gasteiger partial charge in [-0.2, -0.15) is 4.98 Å². The highest BCUT2D eigenvalue weighted by atomic mass is 16.5. The van der Waals surface area contributed by atoms with Crippen LogP contribution in [0, 0.1) is 0 Å². The van der Waals surface area contributed by atoms with E-state index in [4.69, 9.17) is 4.74 Å². The number of aromatic nitrogens is 4. The average molecular weight is 383 g/mol. The molecular formula is C19H21N5O4. The summed E-state index contributed by atoms with van der Waals surface area (Å²) in [4.78, 5) is 43.9. The fraction of sp³-hybridized carbons (Fsp3) is 0.368. The smallest absolute Gasteiger partial charge is 0.329 e. The molecule has 0 aliphatic carbocycles. The fourth-order valence-electron chi connectivity index (χ4n) is 3.39. The molecule has 1 unspecified atom stereocenters. The van der Waals surface area contributed by atoms with Crippen molar-refractivity contribution in [1.82, 2.24) is 19.1 Å². The zero-order valence-electron chi connectivity index (χ0n) is 15.5. The maximum absolute atomic E-state index is 12.7. The lowest BCUT2D eigenvalue weighted by Gasteiger charge is -2.13. The SMILES string of the molecule is Cn1c(=O)[nH]c(=O)c2c1nc(NCC1CCCO1)n2CC(=O)c1ccccc1. The minimum absolute atomic E-state index is 0.0557. The number of nitrogens with zero attached hydrogens (tertiary/aromatic N) is 3. The van der Waals surface area contributed by atoms with E-state index >= 15 is 0 Å². The predicted octanol–water partition coefficient (Wildman–Crippen LogP) is 0.897. The molecule has 146 valence electrons. The monoisotopic (exact) mass is 383 g/mol. The Morgan fingerprint density at radius 1 is 1.32 bits per heavy atom. The molecule has 0 radical (unpaired) electrons. The van der Waals surface area contributed by atoms with E-state index in [1.165, 1.54) is 16.2 Å². The quantitative estimate of drug-likeness (QED) is 0.612. The molecule has 9 nitrogen and oxygen atoms in total. The first-order chi connectivity index (χ1) is 13.5. The zero-order chi connectivity index (χ0) is 19.7. The van der Waals surface area contributed by atoms with Gasteiger partial charge in [0.05, 0.1) is 12.6 Å². The molecule has 0 spiro atoms. The van der Waals surface area contributed by atoms with E-state index in [1.54, 1.807) is 24.3 Å². The summed E-state index contributed by atoms with van der Waals surface area (Å²) in [6.07, 6.45) is 2.00. The number of Topliss-reactive ketones (excluding diaryl/α,β-unsaturated/α-hetero) is 1. The van der Waals surface area contributed by atoms with Crippen molar-refractivity contribution < 1.29 is 9.53 Å². The summed E-state index contributed by atoms with van der Waals surface area (Å²) in [5.41, 5.74) is -0.180. The van der Waals surface area contributed by atoms with Crippen molar-refractivity contribution in [3.8, 4) is 0 Å². The van der Waals surface area contributed by atoms with Crippen LogP contribution in [-0.4, -0.2) is 44.1 Å². The lowest BCUT2D eigenvalue weighted by atomic mass is 10.1. The van der Waals surface area contributed by atoms with Gasteiger partial charge in [0.25, 0.3) is 5.56 Å². The molecule has 1 fully saturated rings. The van der Waals surface area contributed by atoms with Crippen molar-refractivity contribution in [1.29, 1.82) is 0 Å². The fourth-order valence-corrected chi connectivity index (χ4v) is 3.39. The number of aromatic amines is 1. The van der Waals surface area contributed by atoms with Crippen LogP contribution < -0.4 is 16.6 Å². The molecule has 2 N–H and O–H groups in total. The number of fused-ring (bicyclic) bond motifs is 1. The van der Waals surface area contributed by atoms with Gasteiger partial charge in [0.15, 0.2) is 16.9 Å². The second-order valence-corrected chi connectivity index (χ2v) is 6.82. The maximum atomic E-state index is 12.7. The summed E-state index contributed by atoms with van der Waals surface area (Å²) in [6.45, 7) is 1.16. The number of rotatable bonds is 6. The summed E-state index contributed by atoms with van der Waals surface area (Å²) in [7, 11) is 1.53. The number of carbonyl (C=O) groups is 1. The molecule has 0 saturated carbocycles. The molecule has 3 aromatic rings. The molecule has 9 heteroatoms. The van der Waals surface area contributed by atoms with Gasteiger partial charge in [-0.05, 0) is 12.8 Å². The number of hydrogen-bond acceptors (Lipinski definition) is 6. The van der Waals surface area contributed by atoms with Crippen LogP contribution in [0.4, 0.5) is 5.95 Å². The first-order valence-corrected chi connectivity index (χ1v) is 9.18. The van der Waals surface area contributed by atoms with E-state index in [0.717, 1.165) is 19.4 Å². The Morgan fingerprint density at radius 2 is 2.11 bits per heavy atom. The summed E-state index contributed by atoms with van der Waals surface area (Å²) in [5.74, 6) is 0.204. The zero-order valence-corrected chi connectivity index (χ0v) is 15.5. The first kappa shape index (κ1) is 18.2. The number of ketones is 1. The van der Waals surface area contributed by atoms with Crippen molar-refractivity contribution in [2.24, 2.45) is 7.05 Å². The number of anilines is 1. The van der Waals surface area contributed by atoms with E-state index in [2.05, 4.69) is 15.3 Å². The number of imidazole rings is 1. The van der Waals surface area contributed by atoms with E-state index < -0.39 is 11.2 Å². The predicted molar refractivity (Wildman–Crippen MR) is 104 cm³/mol. The lowest BCUT2D eigenvalue weighted by Crippen LogP contribution is -2.29. The summed E-state index contributed by atoms with van der Waals surface area (Å²) in [5, 5.41) is 3.18. The van der Waals surface area contributed by atoms with Crippen LogP contribution in [0.1, 0.15) is 23.2 Å². The van der Waals surface area contributed by atoms with Gasteiger partial charge in [0.1, 0.15) is 0 Å². The number of aryl methyl sites for hydroxylation is 1. The number of nitrogens with one attached hydrogen (secondary N) is 2.